The van der Waals surface area contributed by atoms with E-state index in [1.807, 2.05) is 42.5 Å². The maximum Gasteiger partial charge on any atom is 0.233 e. The minimum absolute atomic E-state index is 0.0795. The van der Waals surface area contributed by atoms with E-state index in [1.165, 1.54) is 11.8 Å². The van der Waals surface area contributed by atoms with Crippen molar-refractivity contribution in [2.75, 3.05) is 18.8 Å². The van der Waals surface area contributed by atoms with Crippen molar-refractivity contribution >= 4 is 17.7 Å². The summed E-state index contributed by atoms with van der Waals surface area (Å²) in [6.07, 6.45) is 3.61. The highest BCUT2D eigenvalue weighted by molar-refractivity contribution is 7.99. The number of morpholine rings is 1. The van der Waals surface area contributed by atoms with Crippen LogP contribution in [0.5, 0.6) is 0 Å². The van der Waals surface area contributed by atoms with E-state index in [0.717, 1.165) is 16.5 Å². The summed E-state index contributed by atoms with van der Waals surface area (Å²) in [4.78, 5) is 18.3. The number of nitrogens with zero attached hydrogens (tertiary/aromatic N) is 5. The van der Waals surface area contributed by atoms with Crippen molar-refractivity contribution in [1.29, 1.82) is 0 Å². The first-order valence-corrected chi connectivity index (χ1v) is 8.89. The summed E-state index contributed by atoms with van der Waals surface area (Å²) in [7, 11) is 1.90. The Hall–Kier alpha value is -1.93. The first-order chi connectivity index (χ1) is 11.5. The molecule has 2 atom stereocenters. The molecule has 3 heterocycles. The van der Waals surface area contributed by atoms with Crippen LogP contribution in [0.15, 0.2) is 29.7 Å². The highest BCUT2D eigenvalue weighted by Gasteiger charge is 2.26. The number of amides is 1. The Morgan fingerprint density at radius 3 is 2.58 bits per heavy atom. The van der Waals surface area contributed by atoms with Gasteiger partial charge in [0.15, 0.2) is 11.0 Å². The fourth-order valence-corrected chi connectivity index (χ4v) is 3.61. The summed E-state index contributed by atoms with van der Waals surface area (Å²) in [5.41, 5.74) is 0.953. The molecule has 0 N–H and O–H groups in total. The van der Waals surface area contributed by atoms with Gasteiger partial charge in [-0.2, -0.15) is 0 Å². The van der Waals surface area contributed by atoms with Crippen LogP contribution in [0.4, 0.5) is 0 Å². The smallest absolute Gasteiger partial charge is 0.233 e. The molecule has 1 fully saturated rings. The fraction of sp³-hybridized carbons (Fsp3) is 0.500. The number of ether oxygens (including phenoxy) is 1. The molecule has 1 amide bonds. The average Bonchev–Trinajstić information content (AvgIpc) is 2.93. The predicted octanol–water partition coefficient (Wildman–Crippen LogP) is 1.60. The molecule has 1 saturated heterocycles. The summed E-state index contributed by atoms with van der Waals surface area (Å²) in [6.45, 7) is 5.27. The maximum absolute atomic E-state index is 12.4. The van der Waals surface area contributed by atoms with Crippen LogP contribution in [0.2, 0.25) is 0 Å². The van der Waals surface area contributed by atoms with Gasteiger partial charge in [0.2, 0.25) is 5.91 Å². The van der Waals surface area contributed by atoms with Crippen LogP contribution in [0.3, 0.4) is 0 Å². The van der Waals surface area contributed by atoms with Crippen LogP contribution in [0.1, 0.15) is 13.8 Å². The molecule has 0 spiro atoms. The Balaban J connectivity index is 1.63. The van der Waals surface area contributed by atoms with Gasteiger partial charge >= 0.3 is 0 Å². The molecule has 0 radical (unpaired) electrons. The molecule has 1 aliphatic rings. The largest absolute Gasteiger partial charge is 0.372 e. The monoisotopic (exact) mass is 347 g/mol. The summed E-state index contributed by atoms with van der Waals surface area (Å²) < 4.78 is 7.57. The number of hydrogen-bond acceptors (Lipinski definition) is 6. The van der Waals surface area contributed by atoms with Crippen molar-refractivity contribution in [3.8, 4) is 11.4 Å². The molecule has 2 aromatic rings. The SMILES string of the molecule is C[C@@H]1CN(C(=O)CSc2nnc(-c3ccncc3)n2C)C[C@@H](C)O1. The summed E-state index contributed by atoms with van der Waals surface area (Å²) in [6, 6.07) is 3.78. The van der Waals surface area contributed by atoms with E-state index in [0.29, 0.717) is 18.8 Å². The van der Waals surface area contributed by atoms with Gasteiger partial charge in [-0.05, 0) is 26.0 Å². The molecular formula is C16H21N5O2S. The minimum Gasteiger partial charge on any atom is -0.372 e. The standard InChI is InChI=1S/C16H21N5O2S/c1-11-8-21(9-12(2)23-11)14(22)10-24-16-19-18-15(20(16)3)13-4-6-17-7-5-13/h4-7,11-12H,8-10H2,1-3H3/t11-,12-/m1/s1. The molecule has 2 aromatic heterocycles. The maximum atomic E-state index is 12.4. The third kappa shape index (κ3) is 3.76. The lowest BCUT2D eigenvalue weighted by Crippen LogP contribution is -2.48. The van der Waals surface area contributed by atoms with Crippen molar-refractivity contribution in [3.05, 3.63) is 24.5 Å². The van der Waals surface area contributed by atoms with Crippen molar-refractivity contribution in [3.63, 3.8) is 0 Å². The number of pyridine rings is 1. The molecule has 8 heteroatoms. The number of carbonyl (C=O) groups excluding carboxylic acids is 1. The Kier molecular flexibility index (Phi) is 5.15. The zero-order chi connectivity index (χ0) is 17.1. The lowest BCUT2D eigenvalue weighted by Gasteiger charge is -2.35. The second-order valence-electron chi connectivity index (χ2n) is 5.95. The molecule has 1 aliphatic heterocycles. The van der Waals surface area contributed by atoms with Gasteiger partial charge in [-0.15, -0.1) is 10.2 Å². The number of thioether (sulfide) groups is 1. The van der Waals surface area contributed by atoms with Crippen molar-refractivity contribution in [2.24, 2.45) is 7.05 Å². The molecule has 0 bridgehead atoms. The number of aromatic nitrogens is 4. The zero-order valence-electron chi connectivity index (χ0n) is 14.0. The Bertz CT molecular complexity index is 696. The third-order valence-corrected chi connectivity index (χ3v) is 4.88. The van der Waals surface area contributed by atoms with Gasteiger partial charge in [-0.3, -0.25) is 9.78 Å². The first kappa shape index (κ1) is 16.9. The van der Waals surface area contributed by atoms with Crippen LogP contribution < -0.4 is 0 Å². The van der Waals surface area contributed by atoms with Crippen molar-refractivity contribution in [2.45, 2.75) is 31.2 Å². The molecule has 0 saturated carbocycles. The van der Waals surface area contributed by atoms with Crippen LogP contribution in [-0.2, 0) is 16.6 Å². The second-order valence-corrected chi connectivity index (χ2v) is 6.89. The fourth-order valence-electron chi connectivity index (χ4n) is 2.79. The Morgan fingerprint density at radius 1 is 1.25 bits per heavy atom. The number of hydrogen-bond donors (Lipinski definition) is 0. The molecule has 24 heavy (non-hydrogen) atoms. The molecule has 3 rings (SSSR count). The summed E-state index contributed by atoms with van der Waals surface area (Å²) >= 11 is 1.41. The van der Waals surface area contributed by atoms with Gasteiger partial charge in [0.25, 0.3) is 0 Å². The average molecular weight is 347 g/mol. The van der Waals surface area contributed by atoms with E-state index < -0.39 is 0 Å². The van der Waals surface area contributed by atoms with E-state index in [1.54, 1.807) is 12.4 Å². The molecule has 0 unspecified atom stereocenters. The van der Waals surface area contributed by atoms with Crippen LogP contribution >= 0.6 is 11.8 Å². The zero-order valence-corrected chi connectivity index (χ0v) is 14.9. The lowest BCUT2D eigenvalue weighted by atomic mass is 10.2. The molecule has 128 valence electrons. The van der Waals surface area contributed by atoms with Crippen molar-refractivity contribution < 1.29 is 9.53 Å². The van der Waals surface area contributed by atoms with E-state index in [-0.39, 0.29) is 18.1 Å². The predicted molar refractivity (Wildman–Crippen MR) is 91.5 cm³/mol. The molecule has 0 aliphatic carbocycles. The van der Waals surface area contributed by atoms with Gasteiger partial charge in [0.05, 0.1) is 18.0 Å². The van der Waals surface area contributed by atoms with Crippen LogP contribution in [0.25, 0.3) is 11.4 Å². The molecule has 0 aromatic carbocycles. The second kappa shape index (κ2) is 7.31. The lowest BCUT2D eigenvalue weighted by molar-refractivity contribution is -0.140. The van der Waals surface area contributed by atoms with E-state index >= 15 is 0 Å². The van der Waals surface area contributed by atoms with Gasteiger partial charge < -0.3 is 14.2 Å². The van der Waals surface area contributed by atoms with Crippen LogP contribution in [-0.4, -0.2) is 61.6 Å². The van der Waals surface area contributed by atoms with Gasteiger partial charge in [0, 0.05) is 38.1 Å². The quantitative estimate of drug-likeness (QED) is 0.782. The minimum atomic E-state index is 0.0795. The highest BCUT2D eigenvalue weighted by Crippen LogP contribution is 2.22. The van der Waals surface area contributed by atoms with Gasteiger partial charge in [-0.1, -0.05) is 11.8 Å². The van der Waals surface area contributed by atoms with Crippen LogP contribution in [0, 0.1) is 0 Å². The third-order valence-electron chi connectivity index (χ3n) is 3.87. The number of rotatable bonds is 4. The first-order valence-electron chi connectivity index (χ1n) is 7.90. The van der Waals surface area contributed by atoms with E-state index in [2.05, 4.69) is 15.2 Å². The van der Waals surface area contributed by atoms with E-state index in [4.69, 9.17) is 4.74 Å². The summed E-state index contributed by atoms with van der Waals surface area (Å²) in [5, 5.41) is 9.15. The Morgan fingerprint density at radius 2 is 1.92 bits per heavy atom. The van der Waals surface area contributed by atoms with Crippen molar-refractivity contribution in [1.82, 2.24) is 24.6 Å². The van der Waals surface area contributed by atoms with Gasteiger partial charge in [0.1, 0.15) is 0 Å². The Labute approximate surface area is 145 Å². The molecular weight excluding hydrogens is 326 g/mol. The highest BCUT2D eigenvalue weighted by atomic mass is 32.2. The van der Waals surface area contributed by atoms with E-state index in [9.17, 15) is 4.79 Å². The normalized spacial score (nSPS) is 21.0. The molecule has 7 nitrogen and oxygen atoms in total. The van der Waals surface area contributed by atoms with Gasteiger partial charge in [-0.25, -0.2) is 0 Å². The number of carbonyl (C=O) groups is 1. The summed E-state index contributed by atoms with van der Waals surface area (Å²) in [5.74, 6) is 1.22. The topological polar surface area (TPSA) is 73.1 Å².